The summed E-state index contributed by atoms with van der Waals surface area (Å²) >= 11 is 11.5. The number of fused-ring (bicyclic) bond motifs is 5. The second kappa shape index (κ2) is 8.59. The normalized spacial score (nSPS) is 43.2. The fraction of sp³-hybridized carbons (Fsp3) is 0.720. The first-order valence-corrected chi connectivity index (χ1v) is 12.6. The predicted octanol–water partition coefficient (Wildman–Crippen LogP) is 4.25. The van der Waals surface area contributed by atoms with Crippen molar-refractivity contribution in [1.29, 1.82) is 0 Å². The average molecular weight is 517 g/mol. The van der Waals surface area contributed by atoms with E-state index < -0.39 is 51.6 Å². The summed E-state index contributed by atoms with van der Waals surface area (Å²) < 4.78 is 26.8. The van der Waals surface area contributed by atoms with Crippen molar-refractivity contribution >= 4 is 40.9 Å². The lowest BCUT2D eigenvalue weighted by Crippen LogP contribution is -2.64. The van der Waals surface area contributed by atoms with Crippen molar-refractivity contribution in [2.24, 2.45) is 28.6 Å². The first-order chi connectivity index (χ1) is 15.8. The molecule has 9 heteroatoms. The van der Waals surface area contributed by atoms with Gasteiger partial charge >= 0.3 is 11.9 Å². The molecule has 188 valence electrons. The molecule has 3 saturated carbocycles. The van der Waals surface area contributed by atoms with E-state index in [9.17, 15) is 19.5 Å². The number of hydrogen-bond acceptors (Lipinski definition) is 6. The van der Waals surface area contributed by atoms with E-state index in [4.69, 9.17) is 32.7 Å². The Morgan fingerprint density at radius 1 is 1.26 bits per heavy atom. The van der Waals surface area contributed by atoms with E-state index >= 15 is 4.39 Å². The van der Waals surface area contributed by atoms with Crippen molar-refractivity contribution in [2.45, 2.75) is 82.2 Å². The molecule has 0 aromatic carbocycles. The van der Waals surface area contributed by atoms with E-state index in [0.29, 0.717) is 12.0 Å². The van der Waals surface area contributed by atoms with Crippen LogP contribution in [0.4, 0.5) is 4.39 Å². The first kappa shape index (κ1) is 25.6. The number of esters is 2. The Hall–Kier alpha value is -1.44. The van der Waals surface area contributed by atoms with Crippen LogP contribution in [0.1, 0.15) is 53.4 Å². The number of halogens is 3. The van der Waals surface area contributed by atoms with Gasteiger partial charge in [0, 0.05) is 16.7 Å². The zero-order chi connectivity index (χ0) is 25.2. The molecule has 0 unspecified atom stereocenters. The van der Waals surface area contributed by atoms with Crippen LogP contribution in [0.15, 0.2) is 23.8 Å². The number of alkyl halides is 3. The highest BCUT2D eigenvalue weighted by atomic mass is 35.5. The van der Waals surface area contributed by atoms with Gasteiger partial charge in [-0.15, -0.1) is 0 Å². The summed E-state index contributed by atoms with van der Waals surface area (Å²) in [5, 5.41) is 11.5. The Labute approximate surface area is 208 Å². The van der Waals surface area contributed by atoms with Gasteiger partial charge in [-0.1, -0.05) is 43.1 Å². The van der Waals surface area contributed by atoms with Crippen LogP contribution in [0.2, 0.25) is 0 Å². The zero-order valence-corrected chi connectivity index (χ0v) is 21.2. The second-order valence-corrected chi connectivity index (χ2v) is 11.9. The first-order valence-electron chi connectivity index (χ1n) is 11.8. The van der Waals surface area contributed by atoms with Crippen LogP contribution < -0.4 is 0 Å². The third-order valence-electron chi connectivity index (χ3n) is 8.72. The van der Waals surface area contributed by atoms with Gasteiger partial charge in [-0.2, -0.15) is 0 Å². The van der Waals surface area contributed by atoms with Gasteiger partial charge in [-0.3, -0.25) is 4.79 Å². The summed E-state index contributed by atoms with van der Waals surface area (Å²) in [7, 11) is 0. The third kappa shape index (κ3) is 3.65. The van der Waals surface area contributed by atoms with Crippen LogP contribution in [-0.2, 0) is 23.9 Å². The van der Waals surface area contributed by atoms with Gasteiger partial charge in [-0.05, 0) is 69.1 Å². The van der Waals surface area contributed by atoms with Crippen molar-refractivity contribution in [3.8, 4) is 0 Å². The van der Waals surface area contributed by atoms with Crippen LogP contribution in [0.5, 0.6) is 0 Å². The second-order valence-electron chi connectivity index (χ2n) is 10.8. The van der Waals surface area contributed by atoms with Gasteiger partial charge in [0.1, 0.15) is 6.17 Å². The van der Waals surface area contributed by atoms with E-state index in [1.807, 2.05) is 6.92 Å². The maximum absolute atomic E-state index is 15.5. The Balaban J connectivity index is 1.78. The number of carbonyl (C=O) groups excluding carboxylic acids is 3. The third-order valence-corrected chi connectivity index (χ3v) is 9.08. The molecule has 34 heavy (non-hydrogen) atoms. The molecular formula is C25H31Cl2FO6. The molecule has 0 aliphatic heterocycles. The molecule has 0 aromatic rings. The lowest BCUT2D eigenvalue weighted by molar-refractivity contribution is -0.215. The lowest BCUT2D eigenvalue weighted by atomic mass is 9.46. The van der Waals surface area contributed by atoms with Crippen molar-refractivity contribution in [2.75, 3.05) is 0 Å². The van der Waals surface area contributed by atoms with Crippen molar-refractivity contribution in [1.82, 2.24) is 0 Å². The summed E-state index contributed by atoms with van der Waals surface area (Å²) in [5.74, 6) is -2.82. The molecule has 1 N–H and O–H groups in total. The van der Waals surface area contributed by atoms with Gasteiger partial charge in [0.25, 0.3) is 0 Å². The van der Waals surface area contributed by atoms with E-state index in [2.05, 4.69) is 0 Å². The zero-order valence-electron chi connectivity index (χ0n) is 19.7. The molecule has 3 fully saturated rings. The quantitative estimate of drug-likeness (QED) is 0.443. The van der Waals surface area contributed by atoms with Crippen molar-refractivity contribution in [3.63, 3.8) is 0 Å². The summed E-state index contributed by atoms with van der Waals surface area (Å²) in [4.78, 5) is 36.5. The number of ketones is 1. The minimum absolute atomic E-state index is 0.113. The van der Waals surface area contributed by atoms with Crippen molar-refractivity contribution < 1.29 is 33.4 Å². The highest BCUT2D eigenvalue weighted by molar-refractivity contribution is 6.53. The highest BCUT2D eigenvalue weighted by Crippen LogP contribution is 2.68. The maximum Gasteiger partial charge on any atom is 0.351 e. The lowest BCUT2D eigenvalue weighted by Gasteiger charge is -2.60. The molecule has 4 aliphatic carbocycles. The van der Waals surface area contributed by atoms with Crippen LogP contribution in [0, 0.1) is 28.6 Å². The number of ether oxygens (including phenoxy) is 2. The largest absolute Gasteiger partial charge is 0.460 e. The van der Waals surface area contributed by atoms with Crippen LogP contribution in [0.3, 0.4) is 0 Å². The molecule has 6 nitrogen and oxygen atoms in total. The van der Waals surface area contributed by atoms with Crippen LogP contribution in [0.25, 0.3) is 0 Å². The number of carbonyl (C=O) groups is 3. The molecule has 0 radical (unpaired) electrons. The summed E-state index contributed by atoms with van der Waals surface area (Å²) in [6.45, 7) is 7.05. The van der Waals surface area contributed by atoms with Gasteiger partial charge in [-0.25, -0.2) is 14.0 Å². The molecule has 0 spiro atoms. The number of rotatable bonds is 4. The SMILES string of the molecule is CC(C)OC(=O)[C@@]1(OC(=O)C(Cl)Cl)CC[C@H]2[C@@H]3C[C@H](F)C4=CC(=O)C=C[C@]4(C)[C@H]3[C@@H](O)C[C@@]21C. The number of aliphatic hydroxyl groups excluding tert-OH is 1. The Kier molecular flexibility index (Phi) is 6.48. The summed E-state index contributed by atoms with van der Waals surface area (Å²) in [6.07, 6.45) is 2.62. The Morgan fingerprint density at radius 2 is 1.94 bits per heavy atom. The number of hydrogen-bond donors (Lipinski definition) is 1. The minimum atomic E-state index is -1.70. The van der Waals surface area contributed by atoms with E-state index in [1.165, 1.54) is 12.2 Å². The Morgan fingerprint density at radius 3 is 2.56 bits per heavy atom. The van der Waals surface area contributed by atoms with Gasteiger partial charge in [0.2, 0.25) is 10.4 Å². The topological polar surface area (TPSA) is 89.9 Å². The van der Waals surface area contributed by atoms with E-state index in [1.54, 1.807) is 26.8 Å². The van der Waals surface area contributed by atoms with Crippen LogP contribution >= 0.6 is 23.2 Å². The van der Waals surface area contributed by atoms with Crippen molar-refractivity contribution in [3.05, 3.63) is 23.8 Å². The standard InChI is InChI=1S/C25H31Cl2FO6/c1-12(2)33-22(32)25(34-21(31)20(26)27)8-6-15-14-10-17(28)16-9-13(29)5-7-23(16,3)19(14)18(30)11-24(15,25)4/h5,7,9,12,14-15,17-20,30H,6,8,10-11H2,1-4H3/t14-,15-,17-,18-,19+,23-,24-,25-/m0/s1. The van der Waals surface area contributed by atoms with E-state index in [-0.39, 0.29) is 42.8 Å². The molecule has 4 aliphatic rings. The molecule has 0 amide bonds. The predicted molar refractivity (Wildman–Crippen MR) is 124 cm³/mol. The van der Waals surface area contributed by atoms with Gasteiger partial charge < -0.3 is 14.6 Å². The molecule has 4 rings (SSSR count). The molecule has 8 atom stereocenters. The fourth-order valence-corrected chi connectivity index (χ4v) is 7.48. The number of allylic oxidation sites excluding steroid dienone is 4. The molecule has 0 saturated heterocycles. The van der Waals surface area contributed by atoms with Gasteiger partial charge in [0.15, 0.2) is 5.78 Å². The number of aliphatic hydroxyl groups is 1. The smallest absolute Gasteiger partial charge is 0.351 e. The molecule has 0 heterocycles. The Bertz CT molecular complexity index is 963. The fourth-order valence-electron chi connectivity index (χ4n) is 7.39. The molecular weight excluding hydrogens is 486 g/mol. The monoisotopic (exact) mass is 516 g/mol. The summed E-state index contributed by atoms with van der Waals surface area (Å²) in [6, 6.07) is 0. The summed E-state index contributed by atoms with van der Waals surface area (Å²) in [5.41, 5.74) is -3.15. The van der Waals surface area contributed by atoms with Gasteiger partial charge in [0.05, 0.1) is 12.2 Å². The van der Waals surface area contributed by atoms with E-state index in [0.717, 1.165) is 0 Å². The highest BCUT2D eigenvalue weighted by Gasteiger charge is 2.72. The maximum atomic E-state index is 15.5. The molecule has 0 aromatic heterocycles. The minimum Gasteiger partial charge on any atom is -0.460 e. The molecule has 0 bridgehead atoms. The average Bonchev–Trinajstić information content (AvgIpc) is 3.01. The van der Waals surface area contributed by atoms with Crippen LogP contribution in [-0.4, -0.2) is 51.6 Å².